The van der Waals surface area contributed by atoms with E-state index in [1.165, 1.54) is 0 Å². The average molecular weight is 254 g/mol. The molecule has 0 heterocycles. The van der Waals surface area contributed by atoms with Crippen molar-refractivity contribution < 1.29 is 9.90 Å². The number of halogens is 1. The normalized spacial score (nSPS) is 13.3. The standard InChI is InChI=1S/C13H16ClNO2/c1-9(13(17)15-10(2)8-16)6-11-4-3-5-12(14)7-11/h3-7,10,16H,8H2,1-2H3,(H,15,17)/b9-6+. The average Bonchev–Trinajstić information content (AvgIpc) is 2.28. The molecular weight excluding hydrogens is 238 g/mol. The van der Waals surface area contributed by atoms with Crippen molar-refractivity contribution >= 4 is 23.6 Å². The molecule has 0 bridgehead atoms. The lowest BCUT2D eigenvalue weighted by Crippen LogP contribution is -2.35. The fraction of sp³-hybridized carbons (Fsp3) is 0.308. The van der Waals surface area contributed by atoms with Crippen LogP contribution in [0.25, 0.3) is 6.08 Å². The number of aliphatic hydroxyl groups excluding tert-OH is 1. The summed E-state index contributed by atoms with van der Waals surface area (Å²) in [7, 11) is 0. The van der Waals surface area contributed by atoms with E-state index in [2.05, 4.69) is 5.32 Å². The summed E-state index contributed by atoms with van der Waals surface area (Å²) in [6, 6.07) is 7.02. The summed E-state index contributed by atoms with van der Waals surface area (Å²) in [4.78, 5) is 11.7. The number of benzene rings is 1. The van der Waals surface area contributed by atoms with Gasteiger partial charge in [-0.3, -0.25) is 4.79 Å². The van der Waals surface area contributed by atoms with E-state index in [1.54, 1.807) is 32.1 Å². The second-order valence-corrected chi connectivity index (χ2v) is 4.38. The van der Waals surface area contributed by atoms with Crippen LogP contribution in [0.2, 0.25) is 5.02 Å². The fourth-order valence-corrected chi connectivity index (χ4v) is 1.49. The maximum Gasteiger partial charge on any atom is 0.247 e. The molecule has 1 aromatic carbocycles. The molecule has 0 aromatic heterocycles. The molecule has 0 fully saturated rings. The summed E-state index contributed by atoms with van der Waals surface area (Å²) in [5, 5.41) is 12.1. The SMILES string of the molecule is C/C(=C\c1cccc(Cl)c1)C(=O)NC(C)CO. The number of nitrogens with one attached hydrogen (secondary N) is 1. The predicted octanol–water partition coefficient (Wildman–Crippen LogP) is 2.24. The lowest BCUT2D eigenvalue weighted by atomic mass is 10.1. The van der Waals surface area contributed by atoms with Crippen molar-refractivity contribution in [3.8, 4) is 0 Å². The third-order valence-electron chi connectivity index (χ3n) is 2.24. The molecule has 0 saturated carbocycles. The third-order valence-corrected chi connectivity index (χ3v) is 2.48. The highest BCUT2D eigenvalue weighted by molar-refractivity contribution is 6.30. The lowest BCUT2D eigenvalue weighted by Gasteiger charge is -2.10. The Bertz CT molecular complexity index is 429. The Kier molecular flexibility index (Phi) is 5.19. The van der Waals surface area contributed by atoms with Gasteiger partial charge in [-0.05, 0) is 37.6 Å². The van der Waals surface area contributed by atoms with Gasteiger partial charge in [0, 0.05) is 16.6 Å². The molecule has 1 unspecified atom stereocenters. The first-order valence-corrected chi connectivity index (χ1v) is 5.76. The van der Waals surface area contributed by atoms with Gasteiger partial charge < -0.3 is 10.4 Å². The van der Waals surface area contributed by atoms with Crippen LogP contribution < -0.4 is 5.32 Å². The van der Waals surface area contributed by atoms with Gasteiger partial charge in [-0.15, -0.1) is 0 Å². The van der Waals surface area contributed by atoms with E-state index in [-0.39, 0.29) is 18.6 Å². The molecule has 1 aromatic rings. The van der Waals surface area contributed by atoms with Crippen LogP contribution in [0, 0.1) is 0 Å². The van der Waals surface area contributed by atoms with E-state index >= 15 is 0 Å². The number of carbonyl (C=O) groups excluding carboxylic acids is 1. The van der Waals surface area contributed by atoms with Crippen molar-refractivity contribution in [3.63, 3.8) is 0 Å². The van der Waals surface area contributed by atoms with Crippen molar-refractivity contribution in [1.82, 2.24) is 5.32 Å². The maximum absolute atomic E-state index is 11.7. The lowest BCUT2D eigenvalue weighted by molar-refractivity contribution is -0.118. The number of aliphatic hydroxyl groups is 1. The minimum Gasteiger partial charge on any atom is -0.394 e. The van der Waals surface area contributed by atoms with Crippen LogP contribution in [0.4, 0.5) is 0 Å². The minimum atomic E-state index is -0.245. The topological polar surface area (TPSA) is 49.3 Å². The summed E-state index contributed by atoms with van der Waals surface area (Å²) in [6.45, 7) is 3.39. The van der Waals surface area contributed by atoms with Crippen LogP contribution in [0.1, 0.15) is 19.4 Å². The molecule has 0 aliphatic rings. The molecule has 0 aliphatic carbocycles. The van der Waals surface area contributed by atoms with Gasteiger partial charge in [0.05, 0.1) is 6.61 Å². The quantitative estimate of drug-likeness (QED) is 0.809. The van der Waals surface area contributed by atoms with Gasteiger partial charge in [-0.1, -0.05) is 23.7 Å². The Balaban J connectivity index is 2.75. The second kappa shape index (κ2) is 6.42. The molecule has 2 N–H and O–H groups in total. The molecule has 3 nitrogen and oxygen atoms in total. The summed E-state index contributed by atoms with van der Waals surface area (Å²) in [6.07, 6.45) is 1.76. The third kappa shape index (κ3) is 4.59. The van der Waals surface area contributed by atoms with Crippen LogP contribution in [0.3, 0.4) is 0 Å². The number of carbonyl (C=O) groups is 1. The van der Waals surface area contributed by atoms with Gasteiger partial charge >= 0.3 is 0 Å². The van der Waals surface area contributed by atoms with E-state index in [0.29, 0.717) is 10.6 Å². The molecule has 0 radical (unpaired) electrons. The first-order chi connectivity index (χ1) is 8.02. The maximum atomic E-state index is 11.7. The smallest absolute Gasteiger partial charge is 0.247 e. The molecule has 4 heteroatoms. The Morgan fingerprint density at radius 2 is 2.29 bits per heavy atom. The monoisotopic (exact) mass is 253 g/mol. The second-order valence-electron chi connectivity index (χ2n) is 3.94. The Labute approximate surface area is 106 Å². The molecule has 1 amide bonds. The highest BCUT2D eigenvalue weighted by Gasteiger charge is 2.07. The molecule has 0 saturated heterocycles. The van der Waals surface area contributed by atoms with E-state index < -0.39 is 0 Å². The van der Waals surface area contributed by atoms with Crippen LogP contribution >= 0.6 is 11.6 Å². The highest BCUT2D eigenvalue weighted by Crippen LogP contribution is 2.13. The van der Waals surface area contributed by atoms with Crippen LogP contribution in [0.5, 0.6) is 0 Å². The van der Waals surface area contributed by atoms with Gasteiger partial charge in [-0.25, -0.2) is 0 Å². The van der Waals surface area contributed by atoms with E-state index in [4.69, 9.17) is 16.7 Å². The number of hydrogen-bond donors (Lipinski definition) is 2. The Hall–Kier alpha value is -1.32. The van der Waals surface area contributed by atoms with E-state index in [9.17, 15) is 4.79 Å². The molecular formula is C13H16ClNO2. The van der Waals surface area contributed by atoms with Gasteiger partial charge in [-0.2, -0.15) is 0 Å². The Morgan fingerprint density at radius 3 is 2.88 bits per heavy atom. The largest absolute Gasteiger partial charge is 0.394 e. The molecule has 17 heavy (non-hydrogen) atoms. The first kappa shape index (κ1) is 13.7. The number of rotatable bonds is 4. The molecule has 1 atom stereocenters. The van der Waals surface area contributed by atoms with Gasteiger partial charge in [0.15, 0.2) is 0 Å². The predicted molar refractivity (Wildman–Crippen MR) is 69.8 cm³/mol. The van der Waals surface area contributed by atoms with Crippen molar-refractivity contribution in [2.75, 3.05) is 6.61 Å². The molecule has 0 aliphatic heterocycles. The van der Waals surface area contributed by atoms with Crippen molar-refractivity contribution in [2.24, 2.45) is 0 Å². The zero-order valence-corrected chi connectivity index (χ0v) is 10.7. The van der Waals surface area contributed by atoms with Crippen molar-refractivity contribution in [1.29, 1.82) is 0 Å². The van der Waals surface area contributed by atoms with Crippen molar-refractivity contribution in [2.45, 2.75) is 19.9 Å². The molecule has 0 spiro atoms. The van der Waals surface area contributed by atoms with Crippen molar-refractivity contribution in [3.05, 3.63) is 40.4 Å². The van der Waals surface area contributed by atoms with Gasteiger partial charge in [0.1, 0.15) is 0 Å². The zero-order chi connectivity index (χ0) is 12.8. The van der Waals surface area contributed by atoms with Gasteiger partial charge in [0.2, 0.25) is 5.91 Å². The Morgan fingerprint density at radius 1 is 1.59 bits per heavy atom. The number of amides is 1. The zero-order valence-electron chi connectivity index (χ0n) is 9.90. The van der Waals surface area contributed by atoms with Crippen LogP contribution in [-0.2, 0) is 4.79 Å². The highest BCUT2D eigenvalue weighted by atomic mass is 35.5. The number of hydrogen-bond acceptors (Lipinski definition) is 2. The van der Waals surface area contributed by atoms with E-state index in [1.807, 2.05) is 12.1 Å². The fourth-order valence-electron chi connectivity index (χ4n) is 1.30. The minimum absolute atomic E-state index is 0.0732. The summed E-state index contributed by atoms with van der Waals surface area (Å²) in [5.74, 6) is -0.188. The van der Waals surface area contributed by atoms with Crippen LogP contribution in [-0.4, -0.2) is 23.7 Å². The summed E-state index contributed by atoms with van der Waals surface area (Å²) < 4.78 is 0. The summed E-state index contributed by atoms with van der Waals surface area (Å²) >= 11 is 5.85. The van der Waals surface area contributed by atoms with Gasteiger partial charge in [0.25, 0.3) is 0 Å². The molecule has 1 rings (SSSR count). The molecule has 92 valence electrons. The summed E-state index contributed by atoms with van der Waals surface area (Å²) in [5.41, 5.74) is 1.45. The van der Waals surface area contributed by atoms with Crippen LogP contribution in [0.15, 0.2) is 29.8 Å². The van der Waals surface area contributed by atoms with E-state index in [0.717, 1.165) is 5.56 Å². The first-order valence-electron chi connectivity index (χ1n) is 5.38.